The van der Waals surface area contributed by atoms with Crippen LogP contribution in [0.5, 0.6) is 0 Å². The minimum atomic E-state index is -4.33. The quantitative estimate of drug-likeness (QED) is 0.879. The van der Waals surface area contributed by atoms with E-state index < -0.39 is 11.7 Å². The molecule has 0 atom stereocenters. The van der Waals surface area contributed by atoms with E-state index in [0.29, 0.717) is 17.1 Å². The lowest BCUT2D eigenvalue weighted by Gasteiger charge is -2.07. The summed E-state index contributed by atoms with van der Waals surface area (Å²) in [7, 11) is 0. The zero-order valence-electron chi connectivity index (χ0n) is 11.9. The molecule has 0 amide bonds. The van der Waals surface area contributed by atoms with Crippen molar-refractivity contribution in [1.82, 2.24) is 10.3 Å². The van der Waals surface area contributed by atoms with Crippen LogP contribution < -0.4 is 5.32 Å². The van der Waals surface area contributed by atoms with Crippen LogP contribution in [0, 0.1) is 0 Å². The standard InChI is InChI=1S/C15H17F3N2S/c1-3-12-13(9-19-4-2)21-14(20-12)10-6-5-7-11(8-10)15(16,17)18/h5-8,19H,3-4,9H2,1-2H3. The van der Waals surface area contributed by atoms with Crippen LogP contribution in [0.1, 0.15) is 30.0 Å². The predicted molar refractivity (Wildman–Crippen MR) is 79.3 cm³/mol. The van der Waals surface area contributed by atoms with Crippen LogP contribution >= 0.6 is 11.3 Å². The van der Waals surface area contributed by atoms with Crippen LogP contribution in [-0.4, -0.2) is 11.5 Å². The van der Waals surface area contributed by atoms with E-state index in [1.54, 1.807) is 6.07 Å². The highest BCUT2D eigenvalue weighted by Gasteiger charge is 2.30. The Balaban J connectivity index is 2.36. The van der Waals surface area contributed by atoms with E-state index in [-0.39, 0.29) is 0 Å². The number of halogens is 3. The molecule has 1 aromatic heterocycles. The molecular weight excluding hydrogens is 297 g/mol. The first-order valence-electron chi connectivity index (χ1n) is 6.82. The summed E-state index contributed by atoms with van der Waals surface area (Å²) < 4.78 is 38.3. The molecule has 2 rings (SSSR count). The molecule has 1 heterocycles. The Morgan fingerprint density at radius 1 is 1.24 bits per heavy atom. The lowest BCUT2D eigenvalue weighted by Crippen LogP contribution is -2.11. The zero-order valence-corrected chi connectivity index (χ0v) is 12.7. The number of alkyl halides is 3. The Bertz CT molecular complexity index is 605. The normalized spacial score (nSPS) is 11.9. The van der Waals surface area contributed by atoms with Crippen molar-refractivity contribution < 1.29 is 13.2 Å². The van der Waals surface area contributed by atoms with Crippen molar-refractivity contribution in [3.63, 3.8) is 0 Å². The average molecular weight is 314 g/mol. The minimum absolute atomic E-state index is 0.521. The summed E-state index contributed by atoms with van der Waals surface area (Å²) in [6.07, 6.45) is -3.55. The van der Waals surface area contributed by atoms with Crippen molar-refractivity contribution in [3.05, 3.63) is 40.4 Å². The van der Waals surface area contributed by atoms with Gasteiger partial charge in [0.15, 0.2) is 0 Å². The summed E-state index contributed by atoms with van der Waals surface area (Å²) in [4.78, 5) is 5.58. The van der Waals surface area contributed by atoms with Gasteiger partial charge in [0, 0.05) is 17.0 Å². The maximum Gasteiger partial charge on any atom is 0.416 e. The van der Waals surface area contributed by atoms with E-state index in [9.17, 15) is 13.2 Å². The molecule has 0 radical (unpaired) electrons. The molecule has 0 aliphatic rings. The number of aromatic nitrogens is 1. The van der Waals surface area contributed by atoms with Crippen LogP contribution in [-0.2, 0) is 19.1 Å². The number of nitrogens with zero attached hydrogens (tertiary/aromatic N) is 1. The fraction of sp³-hybridized carbons (Fsp3) is 0.400. The maximum atomic E-state index is 12.8. The summed E-state index contributed by atoms with van der Waals surface area (Å²) in [6, 6.07) is 5.34. The Morgan fingerprint density at radius 3 is 2.62 bits per heavy atom. The first kappa shape index (κ1) is 16.0. The second-order valence-electron chi connectivity index (χ2n) is 4.60. The van der Waals surface area contributed by atoms with Gasteiger partial charge in [-0.25, -0.2) is 4.98 Å². The van der Waals surface area contributed by atoms with Gasteiger partial charge >= 0.3 is 6.18 Å². The summed E-state index contributed by atoms with van der Waals surface area (Å²) in [5.74, 6) is 0. The Morgan fingerprint density at radius 2 is 2.00 bits per heavy atom. The molecule has 114 valence electrons. The fourth-order valence-corrected chi connectivity index (χ4v) is 3.10. The number of rotatable bonds is 5. The van der Waals surface area contributed by atoms with Gasteiger partial charge in [-0.15, -0.1) is 11.3 Å². The van der Waals surface area contributed by atoms with Crippen molar-refractivity contribution >= 4 is 11.3 Å². The molecule has 1 aromatic carbocycles. The number of hydrogen-bond donors (Lipinski definition) is 1. The Labute approximate surface area is 126 Å². The summed E-state index contributed by atoms with van der Waals surface area (Å²) in [5.41, 5.74) is 0.835. The van der Waals surface area contributed by atoms with Crippen molar-refractivity contribution in [1.29, 1.82) is 0 Å². The van der Waals surface area contributed by atoms with Crippen LogP contribution in [0.15, 0.2) is 24.3 Å². The molecule has 0 bridgehead atoms. The van der Waals surface area contributed by atoms with Gasteiger partial charge < -0.3 is 5.32 Å². The van der Waals surface area contributed by atoms with Gasteiger partial charge in [0.1, 0.15) is 5.01 Å². The second kappa shape index (κ2) is 6.58. The highest BCUT2D eigenvalue weighted by molar-refractivity contribution is 7.15. The average Bonchev–Trinajstić information content (AvgIpc) is 2.87. The van der Waals surface area contributed by atoms with E-state index in [1.165, 1.54) is 17.4 Å². The minimum Gasteiger partial charge on any atom is -0.312 e. The van der Waals surface area contributed by atoms with E-state index in [1.807, 2.05) is 13.8 Å². The van der Waals surface area contributed by atoms with Gasteiger partial charge in [-0.05, 0) is 25.1 Å². The molecule has 21 heavy (non-hydrogen) atoms. The molecule has 0 fully saturated rings. The molecular formula is C15H17F3N2S. The van der Waals surface area contributed by atoms with Gasteiger partial charge in [0.05, 0.1) is 11.3 Å². The van der Waals surface area contributed by atoms with Gasteiger partial charge in [-0.1, -0.05) is 26.0 Å². The molecule has 0 unspecified atom stereocenters. The van der Waals surface area contributed by atoms with Crippen molar-refractivity contribution in [2.24, 2.45) is 0 Å². The van der Waals surface area contributed by atoms with Gasteiger partial charge in [-0.3, -0.25) is 0 Å². The van der Waals surface area contributed by atoms with Gasteiger partial charge in [0.25, 0.3) is 0 Å². The van der Waals surface area contributed by atoms with E-state index in [2.05, 4.69) is 10.3 Å². The van der Waals surface area contributed by atoms with Crippen LogP contribution in [0.3, 0.4) is 0 Å². The molecule has 1 N–H and O–H groups in total. The van der Waals surface area contributed by atoms with Crippen LogP contribution in [0.4, 0.5) is 13.2 Å². The van der Waals surface area contributed by atoms with Crippen LogP contribution in [0.2, 0.25) is 0 Å². The summed E-state index contributed by atoms with van der Waals surface area (Å²) >= 11 is 1.46. The van der Waals surface area contributed by atoms with Crippen molar-refractivity contribution in [2.45, 2.75) is 33.0 Å². The van der Waals surface area contributed by atoms with Crippen LogP contribution in [0.25, 0.3) is 10.6 Å². The van der Waals surface area contributed by atoms with Crippen molar-refractivity contribution in [2.75, 3.05) is 6.54 Å². The zero-order chi connectivity index (χ0) is 15.5. The maximum absolute atomic E-state index is 12.8. The van der Waals surface area contributed by atoms with E-state index in [4.69, 9.17) is 0 Å². The highest BCUT2D eigenvalue weighted by atomic mass is 32.1. The third-order valence-electron chi connectivity index (χ3n) is 3.09. The molecule has 0 saturated heterocycles. The second-order valence-corrected chi connectivity index (χ2v) is 5.68. The number of aryl methyl sites for hydroxylation is 1. The first-order chi connectivity index (χ1) is 9.95. The SMILES string of the molecule is CCNCc1sc(-c2cccc(C(F)(F)F)c2)nc1CC. The molecule has 0 spiro atoms. The number of nitrogens with one attached hydrogen (secondary N) is 1. The number of thiazole rings is 1. The summed E-state index contributed by atoms with van der Waals surface area (Å²) in [5, 5.41) is 3.87. The monoisotopic (exact) mass is 314 g/mol. The van der Waals surface area contributed by atoms with Crippen molar-refractivity contribution in [3.8, 4) is 10.6 Å². The topological polar surface area (TPSA) is 24.9 Å². The smallest absolute Gasteiger partial charge is 0.312 e. The van der Waals surface area contributed by atoms with E-state index >= 15 is 0 Å². The fourth-order valence-electron chi connectivity index (χ4n) is 1.99. The van der Waals surface area contributed by atoms with E-state index in [0.717, 1.165) is 35.7 Å². The lowest BCUT2D eigenvalue weighted by atomic mass is 10.1. The molecule has 2 nitrogen and oxygen atoms in total. The third-order valence-corrected chi connectivity index (χ3v) is 4.23. The number of hydrogen-bond acceptors (Lipinski definition) is 3. The first-order valence-corrected chi connectivity index (χ1v) is 7.64. The lowest BCUT2D eigenvalue weighted by molar-refractivity contribution is -0.137. The third kappa shape index (κ3) is 3.83. The van der Waals surface area contributed by atoms with Gasteiger partial charge in [-0.2, -0.15) is 13.2 Å². The Hall–Kier alpha value is -1.40. The number of benzene rings is 1. The molecule has 6 heteroatoms. The largest absolute Gasteiger partial charge is 0.416 e. The molecule has 0 aliphatic carbocycles. The Kier molecular flexibility index (Phi) is 5.00. The highest BCUT2D eigenvalue weighted by Crippen LogP contribution is 2.34. The molecule has 0 aliphatic heterocycles. The predicted octanol–water partition coefficient (Wildman–Crippen LogP) is 4.50. The van der Waals surface area contributed by atoms with Gasteiger partial charge in [0.2, 0.25) is 0 Å². The molecule has 2 aromatic rings. The molecule has 0 saturated carbocycles. The summed E-state index contributed by atoms with van der Waals surface area (Å²) in [6.45, 7) is 5.57.